The van der Waals surface area contributed by atoms with Crippen molar-refractivity contribution >= 4 is 37.5 Å². The van der Waals surface area contributed by atoms with Crippen LogP contribution in [0.2, 0.25) is 0 Å². The molecule has 16 heavy (non-hydrogen) atoms. The monoisotopic (exact) mass is 326 g/mol. The molecule has 0 aromatic carbocycles. The van der Waals surface area contributed by atoms with Crippen LogP contribution >= 0.6 is 27.3 Å². The summed E-state index contributed by atoms with van der Waals surface area (Å²) in [6, 6.07) is 1.89. The van der Waals surface area contributed by atoms with Gasteiger partial charge in [-0.3, -0.25) is 0 Å². The standard InChI is InChI=1S/C9H15BrN2O2S2/c1-9(2,3)12-16(13,14)11-6-8-7(10)4-5-15-8/h4-5,11-12H,6H2,1-3H3. The average Bonchev–Trinajstić information content (AvgIpc) is 2.43. The quantitative estimate of drug-likeness (QED) is 0.891. The number of thiophene rings is 1. The highest BCUT2D eigenvalue weighted by molar-refractivity contribution is 9.10. The molecule has 0 spiro atoms. The van der Waals surface area contributed by atoms with Gasteiger partial charge >= 0.3 is 0 Å². The van der Waals surface area contributed by atoms with Gasteiger partial charge in [-0.25, -0.2) is 0 Å². The Hall–Kier alpha value is 0.0500. The van der Waals surface area contributed by atoms with Gasteiger partial charge in [0.15, 0.2) is 0 Å². The van der Waals surface area contributed by atoms with Crippen molar-refractivity contribution in [3.8, 4) is 0 Å². The van der Waals surface area contributed by atoms with Gasteiger partial charge in [0.2, 0.25) is 0 Å². The van der Waals surface area contributed by atoms with E-state index in [9.17, 15) is 8.42 Å². The molecule has 0 radical (unpaired) electrons. The molecular weight excluding hydrogens is 312 g/mol. The Balaban J connectivity index is 2.59. The molecule has 1 aromatic heterocycles. The van der Waals surface area contributed by atoms with Gasteiger partial charge in [0.25, 0.3) is 10.2 Å². The summed E-state index contributed by atoms with van der Waals surface area (Å²) in [6.07, 6.45) is 0. The Morgan fingerprint density at radius 1 is 1.44 bits per heavy atom. The lowest BCUT2D eigenvalue weighted by Crippen LogP contribution is -2.46. The molecule has 0 saturated carbocycles. The lowest BCUT2D eigenvalue weighted by Gasteiger charge is -2.20. The summed E-state index contributed by atoms with van der Waals surface area (Å²) < 4.78 is 29.2. The van der Waals surface area contributed by atoms with Gasteiger partial charge in [-0.05, 0) is 48.1 Å². The van der Waals surface area contributed by atoms with Crippen LogP contribution in [0.4, 0.5) is 0 Å². The van der Waals surface area contributed by atoms with Gasteiger partial charge in [0.05, 0.1) is 0 Å². The number of halogens is 1. The van der Waals surface area contributed by atoms with E-state index >= 15 is 0 Å². The van der Waals surface area contributed by atoms with Gasteiger partial charge in [-0.15, -0.1) is 11.3 Å². The van der Waals surface area contributed by atoms with E-state index in [0.717, 1.165) is 9.35 Å². The molecule has 0 unspecified atom stereocenters. The van der Waals surface area contributed by atoms with Crippen LogP contribution in [-0.2, 0) is 16.8 Å². The Bertz CT molecular complexity index is 448. The van der Waals surface area contributed by atoms with Gasteiger partial charge < -0.3 is 0 Å². The summed E-state index contributed by atoms with van der Waals surface area (Å²) in [7, 11) is -3.45. The van der Waals surface area contributed by atoms with Crippen LogP contribution in [0.15, 0.2) is 15.9 Å². The van der Waals surface area contributed by atoms with Crippen molar-refractivity contribution < 1.29 is 8.42 Å². The van der Waals surface area contributed by atoms with Crippen LogP contribution < -0.4 is 9.44 Å². The van der Waals surface area contributed by atoms with E-state index in [-0.39, 0.29) is 0 Å². The first-order valence-electron chi connectivity index (χ1n) is 4.70. The normalized spacial score (nSPS) is 13.0. The average molecular weight is 327 g/mol. The summed E-state index contributed by atoms with van der Waals surface area (Å²) >= 11 is 4.86. The molecule has 0 atom stereocenters. The third-order valence-electron chi connectivity index (χ3n) is 1.55. The van der Waals surface area contributed by atoms with Crippen molar-refractivity contribution in [3.63, 3.8) is 0 Å². The molecule has 1 aromatic rings. The maximum Gasteiger partial charge on any atom is 0.277 e. The molecule has 0 aliphatic rings. The fourth-order valence-electron chi connectivity index (χ4n) is 1.05. The van der Waals surface area contributed by atoms with Crippen molar-refractivity contribution in [2.45, 2.75) is 32.9 Å². The smallest absolute Gasteiger partial charge is 0.197 e. The summed E-state index contributed by atoms with van der Waals surface area (Å²) in [5.41, 5.74) is -0.474. The first kappa shape index (κ1) is 14.1. The van der Waals surface area contributed by atoms with Crippen molar-refractivity contribution in [2.75, 3.05) is 0 Å². The van der Waals surface area contributed by atoms with E-state index in [4.69, 9.17) is 0 Å². The largest absolute Gasteiger partial charge is 0.277 e. The minimum absolute atomic E-state index is 0.295. The second-order valence-electron chi connectivity index (χ2n) is 4.37. The first-order valence-corrected chi connectivity index (χ1v) is 7.86. The Labute approximate surface area is 109 Å². The van der Waals surface area contributed by atoms with E-state index in [1.54, 1.807) is 20.8 Å². The summed E-state index contributed by atoms with van der Waals surface area (Å²) in [5, 5.41) is 1.91. The van der Waals surface area contributed by atoms with E-state index in [1.807, 2.05) is 11.4 Å². The van der Waals surface area contributed by atoms with Crippen LogP contribution in [0.25, 0.3) is 0 Å². The minimum atomic E-state index is -3.45. The molecule has 7 heteroatoms. The summed E-state index contributed by atoms with van der Waals surface area (Å²) in [4.78, 5) is 0.958. The molecule has 2 N–H and O–H groups in total. The van der Waals surface area contributed by atoms with Crippen molar-refractivity contribution in [3.05, 3.63) is 20.8 Å². The molecule has 0 saturated heterocycles. The molecule has 0 aliphatic heterocycles. The summed E-state index contributed by atoms with van der Waals surface area (Å²) in [6.45, 7) is 5.69. The topological polar surface area (TPSA) is 58.2 Å². The SMILES string of the molecule is CC(C)(C)NS(=O)(=O)NCc1sccc1Br. The van der Waals surface area contributed by atoms with Crippen molar-refractivity contribution in [1.82, 2.24) is 9.44 Å². The number of hydrogen-bond donors (Lipinski definition) is 2. The minimum Gasteiger partial charge on any atom is -0.197 e. The van der Waals surface area contributed by atoms with Crippen molar-refractivity contribution in [2.24, 2.45) is 0 Å². The van der Waals surface area contributed by atoms with Crippen LogP contribution in [0.5, 0.6) is 0 Å². The zero-order valence-electron chi connectivity index (χ0n) is 9.37. The highest BCUT2D eigenvalue weighted by Gasteiger charge is 2.19. The second kappa shape index (κ2) is 5.14. The third kappa shape index (κ3) is 4.92. The maximum atomic E-state index is 11.6. The Kier molecular flexibility index (Phi) is 4.53. The first-order chi connectivity index (χ1) is 7.20. The Morgan fingerprint density at radius 3 is 2.50 bits per heavy atom. The second-order valence-corrected chi connectivity index (χ2v) is 7.72. The molecule has 0 bridgehead atoms. The van der Waals surface area contributed by atoms with E-state index in [2.05, 4.69) is 25.4 Å². The highest BCUT2D eigenvalue weighted by Crippen LogP contribution is 2.22. The Morgan fingerprint density at radius 2 is 2.06 bits per heavy atom. The van der Waals surface area contributed by atoms with Gasteiger partial charge in [-0.2, -0.15) is 17.9 Å². The predicted octanol–water partition coefficient (Wildman–Crippen LogP) is 2.23. The highest BCUT2D eigenvalue weighted by atomic mass is 79.9. The van der Waals surface area contributed by atoms with E-state index < -0.39 is 15.7 Å². The van der Waals surface area contributed by atoms with Crippen LogP contribution in [0.3, 0.4) is 0 Å². The van der Waals surface area contributed by atoms with Gasteiger partial charge in [-0.1, -0.05) is 0 Å². The summed E-state index contributed by atoms with van der Waals surface area (Å²) in [5.74, 6) is 0. The lowest BCUT2D eigenvalue weighted by molar-refractivity contribution is 0.483. The molecule has 0 amide bonds. The van der Waals surface area contributed by atoms with Gasteiger partial charge in [0.1, 0.15) is 0 Å². The molecule has 0 aliphatic carbocycles. The lowest BCUT2D eigenvalue weighted by atomic mass is 10.1. The van der Waals surface area contributed by atoms with Crippen LogP contribution in [0, 0.1) is 0 Å². The zero-order valence-corrected chi connectivity index (χ0v) is 12.6. The fourth-order valence-corrected chi connectivity index (χ4v) is 3.79. The predicted molar refractivity (Wildman–Crippen MR) is 70.7 cm³/mol. The molecular formula is C9H15BrN2O2S2. The molecule has 4 nitrogen and oxygen atoms in total. The van der Waals surface area contributed by atoms with Crippen molar-refractivity contribution in [1.29, 1.82) is 0 Å². The fraction of sp³-hybridized carbons (Fsp3) is 0.556. The number of hydrogen-bond acceptors (Lipinski definition) is 3. The number of rotatable bonds is 4. The van der Waals surface area contributed by atoms with Crippen LogP contribution in [0.1, 0.15) is 25.6 Å². The third-order valence-corrected chi connectivity index (χ3v) is 4.89. The zero-order chi connectivity index (χ0) is 12.4. The van der Waals surface area contributed by atoms with E-state index in [1.165, 1.54) is 11.3 Å². The molecule has 1 heterocycles. The number of nitrogens with one attached hydrogen (secondary N) is 2. The molecule has 0 fully saturated rings. The van der Waals surface area contributed by atoms with Crippen LogP contribution in [-0.4, -0.2) is 14.0 Å². The maximum absolute atomic E-state index is 11.6. The molecule has 1 rings (SSSR count). The van der Waals surface area contributed by atoms with Gasteiger partial charge in [0, 0.05) is 21.4 Å². The van der Waals surface area contributed by atoms with E-state index in [0.29, 0.717) is 6.54 Å². The molecule has 92 valence electrons.